The summed E-state index contributed by atoms with van der Waals surface area (Å²) in [6.45, 7) is 2.53. The number of amides is 3. The zero-order valence-electron chi connectivity index (χ0n) is 18.4. The molecule has 0 aliphatic heterocycles. The Morgan fingerprint density at radius 1 is 0.727 bits per heavy atom. The first-order valence-corrected chi connectivity index (χ1v) is 10.4. The van der Waals surface area contributed by atoms with E-state index in [0.29, 0.717) is 40.5 Å². The number of methoxy groups -OCH3 is 1. The molecule has 0 radical (unpaired) electrons. The van der Waals surface area contributed by atoms with Crippen LogP contribution in [0.15, 0.2) is 72.8 Å². The normalized spacial score (nSPS) is 10.1. The largest absolute Gasteiger partial charge is 0.493 e. The lowest BCUT2D eigenvalue weighted by atomic mass is 10.1. The lowest BCUT2D eigenvalue weighted by Gasteiger charge is -2.12. The molecule has 33 heavy (non-hydrogen) atoms. The van der Waals surface area contributed by atoms with Crippen LogP contribution in [0, 0.1) is 0 Å². The SMILES string of the molecule is CCCOc1ccc(C(=O)NNC(=O)c2ccc(NC(=O)c3ccccc3)cc2)cc1OC. The van der Waals surface area contributed by atoms with E-state index >= 15 is 0 Å². The minimum atomic E-state index is -0.504. The third kappa shape index (κ3) is 6.33. The van der Waals surface area contributed by atoms with Crippen molar-refractivity contribution in [3.8, 4) is 11.5 Å². The van der Waals surface area contributed by atoms with Crippen LogP contribution >= 0.6 is 0 Å². The van der Waals surface area contributed by atoms with Gasteiger partial charge in [-0.15, -0.1) is 0 Å². The van der Waals surface area contributed by atoms with Crippen molar-refractivity contribution in [3.05, 3.63) is 89.5 Å². The molecule has 3 amide bonds. The van der Waals surface area contributed by atoms with Crippen LogP contribution in [0.3, 0.4) is 0 Å². The molecule has 0 spiro atoms. The van der Waals surface area contributed by atoms with Gasteiger partial charge in [0.1, 0.15) is 0 Å². The summed E-state index contributed by atoms with van der Waals surface area (Å²) in [6, 6.07) is 19.9. The van der Waals surface area contributed by atoms with E-state index < -0.39 is 11.8 Å². The van der Waals surface area contributed by atoms with E-state index in [1.165, 1.54) is 13.2 Å². The first-order chi connectivity index (χ1) is 16.0. The quantitative estimate of drug-likeness (QED) is 0.456. The highest BCUT2D eigenvalue weighted by atomic mass is 16.5. The molecule has 8 heteroatoms. The molecule has 8 nitrogen and oxygen atoms in total. The maximum Gasteiger partial charge on any atom is 0.269 e. The van der Waals surface area contributed by atoms with E-state index in [2.05, 4.69) is 16.2 Å². The van der Waals surface area contributed by atoms with Gasteiger partial charge < -0.3 is 14.8 Å². The number of carbonyl (C=O) groups is 3. The molecule has 0 aromatic heterocycles. The average molecular weight is 447 g/mol. The topological polar surface area (TPSA) is 106 Å². The molecule has 0 atom stereocenters. The van der Waals surface area contributed by atoms with Crippen LogP contribution in [0.4, 0.5) is 5.69 Å². The lowest BCUT2D eigenvalue weighted by molar-refractivity contribution is 0.0846. The van der Waals surface area contributed by atoms with Gasteiger partial charge in [0, 0.05) is 22.4 Å². The number of carbonyl (C=O) groups excluding carboxylic acids is 3. The van der Waals surface area contributed by atoms with Gasteiger partial charge in [0.15, 0.2) is 11.5 Å². The van der Waals surface area contributed by atoms with E-state index in [4.69, 9.17) is 9.47 Å². The first kappa shape index (κ1) is 23.3. The average Bonchev–Trinajstić information content (AvgIpc) is 2.86. The Bertz CT molecular complexity index is 1110. The summed E-state index contributed by atoms with van der Waals surface area (Å²) >= 11 is 0. The van der Waals surface area contributed by atoms with Crippen molar-refractivity contribution in [2.45, 2.75) is 13.3 Å². The zero-order chi connectivity index (χ0) is 23.6. The highest BCUT2D eigenvalue weighted by Crippen LogP contribution is 2.28. The van der Waals surface area contributed by atoms with Crippen LogP contribution in [0.2, 0.25) is 0 Å². The van der Waals surface area contributed by atoms with Crippen molar-refractivity contribution in [3.63, 3.8) is 0 Å². The Morgan fingerprint density at radius 3 is 1.97 bits per heavy atom. The van der Waals surface area contributed by atoms with E-state index in [-0.39, 0.29) is 5.91 Å². The van der Waals surface area contributed by atoms with Crippen molar-refractivity contribution in [2.75, 3.05) is 19.0 Å². The molecule has 0 bridgehead atoms. The van der Waals surface area contributed by atoms with Gasteiger partial charge in [-0.1, -0.05) is 25.1 Å². The second kappa shape index (κ2) is 11.3. The van der Waals surface area contributed by atoms with E-state index in [9.17, 15) is 14.4 Å². The molecular weight excluding hydrogens is 422 g/mol. The van der Waals surface area contributed by atoms with E-state index in [0.717, 1.165) is 6.42 Å². The Morgan fingerprint density at radius 2 is 1.33 bits per heavy atom. The number of hydrogen-bond donors (Lipinski definition) is 3. The van der Waals surface area contributed by atoms with Gasteiger partial charge >= 0.3 is 0 Å². The van der Waals surface area contributed by atoms with Gasteiger partial charge in [0.2, 0.25) is 0 Å². The predicted molar refractivity (Wildman–Crippen MR) is 125 cm³/mol. The van der Waals surface area contributed by atoms with E-state index in [1.807, 2.05) is 13.0 Å². The molecule has 3 aromatic carbocycles. The summed E-state index contributed by atoms with van der Waals surface area (Å²) < 4.78 is 10.8. The smallest absolute Gasteiger partial charge is 0.269 e. The van der Waals surface area contributed by atoms with Crippen molar-refractivity contribution in [1.29, 1.82) is 0 Å². The standard InChI is InChI=1S/C25H25N3O5/c1-3-15-33-21-14-11-19(16-22(21)32-2)25(31)28-27-24(30)18-9-12-20(13-10-18)26-23(29)17-7-5-4-6-8-17/h4-14,16H,3,15H2,1-2H3,(H,26,29)(H,27,30)(H,28,31). The fourth-order valence-electron chi connectivity index (χ4n) is 2.90. The van der Waals surface area contributed by atoms with Gasteiger partial charge in [0.25, 0.3) is 17.7 Å². The maximum absolute atomic E-state index is 12.4. The van der Waals surface area contributed by atoms with Crippen molar-refractivity contribution in [2.24, 2.45) is 0 Å². The van der Waals surface area contributed by atoms with Crippen LogP contribution in [-0.2, 0) is 0 Å². The van der Waals surface area contributed by atoms with Crippen LogP contribution in [-0.4, -0.2) is 31.4 Å². The highest BCUT2D eigenvalue weighted by Gasteiger charge is 2.13. The summed E-state index contributed by atoms with van der Waals surface area (Å²) in [5.74, 6) is -0.286. The fourth-order valence-corrected chi connectivity index (χ4v) is 2.90. The first-order valence-electron chi connectivity index (χ1n) is 10.4. The summed E-state index contributed by atoms with van der Waals surface area (Å²) in [5, 5.41) is 2.76. The Hall–Kier alpha value is -4.33. The lowest BCUT2D eigenvalue weighted by Crippen LogP contribution is -2.41. The third-order valence-corrected chi connectivity index (χ3v) is 4.62. The third-order valence-electron chi connectivity index (χ3n) is 4.62. The molecule has 3 N–H and O–H groups in total. The molecule has 0 unspecified atom stereocenters. The second-order valence-corrected chi connectivity index (χ2v) is 7.02. The molecule has 3 rings (SSSR count). The molecule has 0 heterocycles. The summed E-state index contributed by atoms with van der Waals surface area (Å²) in [5.41, 5.74) is 6.44. The fraction of sp³-hybridized carbons (Fsp3) is 0.160. The second-order valence-electron chi connectivity index (χ2n) is 7.02. The van der Waals surface area contributed by atoms with Crippen molar-refractivity contribution < 1.29 is 23.9 Å². The molecule has 0 fully saturated rings. The van der Waals surface area contributed by atoms with Crippen LogP contribution in [0.5, 0.6) is 11.5 Å². The van der Waals surface area contributed by atoms with Crippen LogP contribution in [0.1, 0.15) is 44.4 Å². The monoisotopic (exact) mass is 447 g/mol. The summed E-state index contributed by atoms with van der Waals surface area (Å²) in [7, 11) is 1.49. The Labute approximate surface area is 191 Å². The van der Waals surface area contributed by atoms with E-state index in [1.54, 1.807) is 60.7 Å². The summed E-state index contributed by atoms with van der Waals surface area (Å²) in [6.07, 6.45) is 0.845. The molecular formula is C25H25N3O5. The Balaban J connectivity index is 1.56. The predicted octanol–water partition coefficient (Wildman–Crippen LogP) is 3.81. The molecule has 0 saturated heterocycles. The minimum Gasteiger partial charge on any atom is -0.493 e. The maximum atomic E-state index is 12.4. The number of benzene rings is 3. The number of anilines is 1. The summed E-state index contributed by atoms with van der Waals surface area (Å²) in [4.78, 5) is 37.0. The van der Waals surface area contributed by atoms with Crippen molar-refractivity contribution >= 4 is 23.4 Å². The Kier molecular flexibility index (Phi) is 8.02. The molecule has 0 aliphatic rings. The van der Waals surface area contributed by atoms with Gasteiger partial charge in [-0.05, 0) is 61.0 Å². The zero-order valence-corrected chi connectivity index (χ0v) is 18.4. The molecule has 3 aromatic rings. The highest BCUT2D eigenvalue weighted by molar-refractivity contribution is 6.04. The van der Waals surface area contributed by atoms with Gasteiger partial charge in [-0.3, -0.25) is 25.2 Å². The van der Waals surface area contributed by atoms with Gasteiger partial charge in [-0.25, -0.2) is 0 Å². The number of hydrogen-bond acceptors (Lipinski definition) is 5. The molecule has 0 saturated carbocycles. The van der Waals surface area contributed by atoms with Crippen LogP contribution in [0.25, 0.3) is 0 Å². The van der Waals surface area contributed by atoms with Gasteiger partial charge in [-0.2, -0.15) is 0 Å². The molecule has 0 aliphatic carbocycles. The van der Waals surface area contributed by atoms with Gasteiger partial charge in [0.05, 0.1) is 13.7 Å². The van der Waals surface area contributed by atoms with Crippen molar-refractivity contribution in [1.82, 2.24) is 10.9 Å². The number of rotatable bonds is 8. The minimum absolute atomic E-state index is 0.249. The number of ether oxygens (including phenoxy) is 2. The number of hydrazine groups is 1. The molecule has 170 valence electrons. The van der Waals surface area contributed by atoms with Crippen LogP contribution < -0.4 is 25.6 Å². The number of nitrogens with one attached hydrogen (secondary N) is 3.